The van der Waals surface area contributed by atoms with Crippen molar-refractivity contribution in [2.45, 2.75) is 38.3 Å². The molecule has 0 N–H and O–H groups in total. The molecule has 2 aromatic carbocycles. The minimum Gasteiger partial charge on any atom is -0.308 e. The highest BCUT2D eigenvalue weighted by Gasteiger charge is 2.30. The summed E-state index contributed by atoms with van der Waals surface area (Å²) in [6, 6.07) is 16.4. The summed E-state index contributed by atoms with van der Waals surface area (Å²) >= 11 is 1.34. The van der Waals surface area contributed by atoms with Crippen LogP contribution < -0.4 is 4.90 Å². The molecule has 0 saturated heterocycles. The van der Waals surface area contributed by atoms with Crippen molar-refractivity contribution in [3.8, 4) is 6.07 Å². The van der Waals surface area contributed by atoms with Crippen LogP contribution in [0.3, 0.4) is 0 Å². The molecule has 1 aromatic heterocycles. The molecule has 0 bridgehead atoms. The Hall–Kier alpha value is -2.84. The number of anilines is 1. The Kier molecular flexibility index (Phi) is 4.82. The molecule has 1 amide bonds. The summed E-state index contributed by atoms with van der Waals surface area (Å²) in [6.07, 6.45) is 0.878. The zero-order valence-electron chi connectivity index (χ0n) is 16.2. The molecule has 0 aliphatic carbocycles. The predicted molar refractivity (Wildman–Crippen MR) is 114 cm³/mol. The molecule has 0 fully saturated rings. The van der Waals surface area contributed by atoms with Gasteiger partial charge in [0, 0.05) is 17.1 Å². The van der Waals surface area contributed by atoms with E-state index in [4.69, 9.17) is 0 Å². The zero-order chi connectivity index (χ0) is 19.8. The van der Waals surface area contributed by atoms with Crippen LogP contribution in [0.25, 0.3) is 10.9 Å². The van der Waals surface area contributed by atoms with Gasteiger partial charge in [0.1, 0.15) is 11.1 Å². The van der Waals surface area contributed by atoms with Crippen LogP contribution in [0, 0.1) is 25.2 Å². The normalized spacial score (nSPS) is 15.5. The van der Waals surface area contributed by atoms with Crippen molar-refractivity contribution >= 4 is 34.3 Å². The molecule has 4 nitrogen and oxygen atoms in total. The van der Waals surface area contributed by atoms with E-state index in [9.17, 15) is 10.1 Å². The molecule has 1 aliphatic heterocycles. The number of aryl methyl sites for hydroxylation is 2. The van der Waals surface area contributed by atoms with Gasteiger partial charge in [-0.25, -0.2) is 4.98 Å². The van der Waals surface area contributed by atoms with Crippen LogP contribution in [0.15, 0.2) is 47.5 Å². The average Bonchev–Trinajstić information content (AvgIpc) is 3.02. The number of pyridine rings is 1. The molecule has 1 aliphatic rings. The predicted octanol–water partition coefficient (Wildman–Crippen LogP) is 4.79. The van der Waals surface area contributed by atoms with Crippen LogP contribution in [0.1, 0.15) is 29.2 Å². The Morgan fingerprint density at radius 3 is 2.79 bits per heavy atom. The van der Waals surface area contributed by atoms with Crippen molar-refractivity contribution in [3.63, 3.8) is 0 Å². The van der Waals surface area contributed by atoms with Crippen LogP contribution in [0.2, 0.25) is 0 Å². The number of fused-ring (bicyclic) bond motifs is 2. The maximum Gasteiger partial charge on any atom is 0.237 e. The third-order valence-corrected chi connectivity index (χ3v) is 6.30. The van der Waals surface area contributed by atoms with E-state index in [-0.39, 0.29) is 17.7 Å². The number of carbonyl (C=O) groups is 1. The summed E-state index contributed by atoms with van der Waals surface area (Å²) in [5.74, 6) is 0.310. The lowest BCUT2D eigenvalue weighted by Crippen LogP contribution is -2.37. The van der Waals surface area contributed by atoms with Gasteiger partial charge in [0.05, 0.1) is 16.8 Å². The van der Waals surface area contributed by atoms with Crippen molar-refractivity contribution < 1.29 is 4.79 Å². The molecular weight excluding hydrogens is 366 g/mol. The van der Waals surface area contributed by atoms with Crippen molar-refractivity contribution in [1.29, 1.82) is 5.26 Å². The fourth-order valence-corrected chi connectivity index (χ4v) is 4.58. The number of para-hydroxylation sites is 1. The maximum absolute atomic E-state index is 12.9. The van der Waals surface area contributed by atoms with Gasteiger partial charge in [0.15, 0.2) is 0 Å². The number of amides is 1. The summed E-state index contributed by atoms with van der Waals surface area (Å²) in [7, 11) is 0. The van der Waals surface area contributed by atoms with Gasteiger partial charge in [-0.1, -0.05) is 30.0 Å². The van der Waals surface area contributed by atoms with Crippen LogP contribution in [-0.2, 0) is 11.2 Å². The monoisotopic (exact) mass is 387 g/mol. The first-order chi connectivity index (χ1) is 13.5. The first kappa shape index (κ1) is 18.5. The Bertz CT molecular complexity index is 1130. The third kappa shape index (κ3) is 3.25. The second-order valence-electron chi connectivity index (χ2n) is 7.32. The second-order valence-corrected chi connectivity index (χ2v) is 8.28. The highest BCUT2D eigenvalue weighted by molar-refractivity contribution is 8.00. The van der Waals surface area contributed by atoms with E-state index in [0.29, 0.717) is 10.6 Å². The number of hydrogen-bond acceptors (Lipinski definition) is 4. The van der Waals surface area contributed by atoms with Gasteiger partial charge in [0.2, 0.25) is 5.91 Å². The quantitative estimate of drug-likeness (QED) is 0.606. The Morgan fingerprint density at radius 2 is 2.00 bits per heavy atom. The highest BCUT2D eigenvalue weighted by atomic mass is 32.2. The number of nitrogens with zero attached hydrogens (tertiary/aromatic N) is 3. The fourth-order valence-electron chi connectivity index (χ4n) is 3.76. The molecule has 1 atom stereocenters. The standard InChI is InChI=1S/C23H21N3OS/c1-14-8-18-11-19(12-24)23(25-20(18)9-15(14)2)28-13-22(27)26-16(3)10-17-6-4-5-7-21(17)26/h4-9,11,16H,10,13H2,1-3H3/t16-/m1/s1. The molecule has 28 heavy (non-hydrogen) atoms. The van der Waals surface area contributed by atoms with Gasteiger partial charge < -0.3 is 4.90 Å². The molecule has 0 spiro atoms. The molecule has 0 unspecified atom stereocenters. The highest BCUT2D eigenvalue weighted by Crippen LogP contribution is 2.33. The molecule has 0 saturated carbocycles. The van der Waals surface area contributed by atoms with Crippen molar-refractivity contribution in [2.24, 2.45) is 0 Å². The number of aromatic nitrogens is 1. The number of rotatable bonds is 3. The summed E-state index contributed by atoms with van der Waals surface area (Å²) in [5, 5.41) is 11.1. The lowest BCUT2D eigenvalue weighted by molar-refractivity contribution is -0.116. The SMILES string of the molecule is Cc1cc2cc(C#N)c(SCC(=O)N3c4ccccc4C[C@H]3C)nc2cc1C. The van der Waals surface area contributed by atoms with Crippen LogP contribution in [0.5, 0.6) is 0 Å². The Labute approximate surface area is 169 Å². The van der Waals surface area contributed by atoms with E-state index in [1.807, 2.05) is 35.2 Å². The molecule has 3 aromatic rings. The number of carbonyl (C=O) groups excluding carboxylic acids is 1. The number of benzene rings is 2. The number of nitriles is 1. The molecule has 140 valence electrons. The minimum absolute atomic E-state index is 0.0494. The number of hydrogen-bond donors (Lipinski definition) is 0. The van der Waals surface area contributed by atoms with Gasteiger partial charge in [-0.3, -0.25) is 4.79 Å². The van der Waals surface area contributed by atoms with Gasteiger partial charge in [0.25, 0.3) is 0 Å². The van der Waals surface area contributed by atoms with Crippen molar-refractivity contribution in [2.75, 3.05) is 10.7 Å². The van der Waals surface area contributed by atoms with Crippen molar-refractivity contribution in [3.05, 3.63) is 64.7 Å². The van der Waals surface area contributed by atoms with Crippen molar-refractivity contribution in [1.82, 2.24) is 4.98 Å². The Morgan fingerprint density at radius 1 is 1.25 bits per heavy atom. The fraction of sp³-hybridized carbons (Fsp3) is 0.261. The minimum atomic E-state index is 0.0494. The van der Waals surface area contributed by atoms with Crippen LogP contribution >= 0.6 is 11.8 Å². The summed E-state index contributed by atoms with van der Waals surface area (Å²) in [5.41, 5.74) is 5.93. The van der Waals surface area contributed by atoms with Crippen LogP contribution in [0.4, 0.5) is 5.69 Å². The van der Waals surface area contributed by atoms with E-state index in [2.05, 4.69) is 44.0 Å². The Balaban J connectivity index is 1.59. The summed E-state index contributed by atoms with van der Waals surface area (Å²) in [4.78, 5) is 19.5. The third-order valence-electron chi connectivity index (χ3n) is 5.32. The molecule has 4 rings (SSSR count). The number of thioether (sulfide) groups is 1. The smallest absolute Gasteiger partial charge is 0.237 e. The first-order valence-corrected chi connectivity index (χ1v) is 10.3. The van der Waals surface area contributed by atoms with E-state index in [0.717, 1.165) is 23.0 Å². The second kappa shape index (κ2) is 7.29. The van der Waals surface area contributed by atoms with Gasteiger partial charge >= 0.3 is 0 Å². The molecular formula is C23H21N3OS. The van der Waals surface area contributed by atoms with Gasteiger partial charge in [-0.2, -0.15) is 5.26 Å². The maximum atomic E-state index is 12.9. The summed E-state index contributed by atoms with van der Waals surface area (Å²) < 4.78 is 0. The van der Waals surface area contributed by atoms with Gasteiger partial charge in [-0.05, 0) is 68.1 Å². The van der Waals surface area contributed by atoms with E-state index in [1.54, 1.807) is 0 Å². The largest absolute Gasteiger partial charge is 0.308 e. The first-order valence-electron chi connectivity index (χ1n) is 9.33. The molecule has 2 heterocycles. The molecule has 5 heteroatoms. The topological polar surface area (TPSA) is 57.0 Å². The lowest BCUT2D eigenvalue weighted by Gasteiger charge is -2.22. The molecule has 0 radical (unpaired) electrons. The van der Waals surface area contributed by atoms with Gasteiger partial charge in [-0.15, -0.1) is 0 Å². The zero-order valence-corrected chi connectivity index (χ0v) is 17.0. The van der Waals surface area contributed by atoms with Crippen LogP contribution in [-0.4, -0.2) is 22.7 Å². The van der Waals surface area contributed by atoms with E-state index in [1.165, 1.54) is 28.5 Å². The summed E-state index contributed by atoms with van der Waals surface area (Å²) in [6.45, 7) is 6.18. The van der Waals surface area contributed by atoms with E-state index < -0.39 is 0 Å². The average molecular weight is 388 g/mol. The van der Waals surface area contributed by atoms with E-state index >= 15 is 0 Å². The lowest BCUT2D eigenvalue weighted by atomic mass is 10.1.